The van der Waals surface area contributed by atoms with Crippen LogP contribution in [0.3, 0.4) is 0 Å². The van der Waals surface area contributed by atoms with E-state index in [0.29, 0.717) is 0 Å². The molecule has 1 rings (SSSR count). The minimum atomic E-state index is -5.97. The molecule has 1 fully saturated rings. The maximum absolute atomic E-state index is 11.6. The molecule has 0 aliphatic heterocycles. The van der Waals surface area contributed by atoms with Crippen LogP contribution in [-0.4, -0.2) is 23.7 Å². The van der Waals surface area contributed by atoms with Gasteiger partial charge in [0.15, 0.2) is 0 Å². The van der Waals surface area contributed by atoms with Gasteiger partial charge in [-0.3, -0.25) is 0 Å². The van der Waals surface area contributed by atoms with Crippen molar-refractivity contribution in [2.24, 2.45) is 0 Å². The van der Waals surface area contributed by atoms with E-state index in [1.165, 1.54) is 0 Å². The molecule has 0 nitrogen and oxygen atoms in total. The maximum Gasteiger partial charge on any atom is 0.385 e. The molecule has 0 aromatic carbocycles. The normalized spacial score (nSPS) is 29.6. The van der Waals surface area contributed by atoms with Crippen LogP contribution in [0.2, 0.25) is 0 Å². The van der Waals surface area contributed by atoms with E-state index >= 15 is 0 Å². The van der Waals surface area contributed by atoms with Gasteiger partial charge in [-0.2, -0.15) is 35.1 Å². The predicted octanol–water partition coefficient (Wildman–Crippen LogP) is 3.04. The lowest BCUT2D eigenvalue weighted by atomic mass is 9.80. The summed E-state index contributed by atoms with van der Waals surface area (Å²) in [5.41, 5.74) is 0. The van der Waals surface area contributed by atoms with Crippen LogP contribution in [-0.2, 0) is 0 Å². The number of alkyl halides is 8. The first-order chi connectivity index (χ1) is 6.00. The smallest absolute Gasteiger partial charge is 0.232 e. The molecule has 0 spiro atoms. The number of halogens is 9. The van der Waals surface area contributed by atoms with E-state index in [1.54, 1.807) is 0 Å². The van der Waals surface area contributed by atoms with E-state index in [0.717, 1.165) is 0 Å². The van der Waals surface area contributed by atoms with Gasteiger partial charge in [0.2, 0.25) is 7.18 Å². The third kappa shape index (κ3) is 0.977. The summed E-state index contributed by atoms with van der Waals surface area (Å²) in [6, 6.07) is 0. The lowest BCUT2D eigenvalue weighted by Gasteiger charge is -2.49. The third-order valence-electron chi connectivity index (χ3n) is 1.58. The molecule has 0 heterocycles. The van der Waals surface area contributed by atoms with E-state index in [4.69, 9.17) is 4.39 Å². The highest BCUT2D eigenvalue weighted by Crippen LogP contribution is 2.69. The van der Waals surface area contributed by atoms with Crippen molar-refractivity contribution < 1.29 is 39.5 Å². The molecule has 0 N–H and O–H groups in total. The van der Waals surface area contributed by atoms with Gasteiger partial charge in [-0.25, -0.2) is 4.39 Å². The van der Waals surface area contributed by atoms with Gasteiger partial charge in [-0.05, 0) is 0 Å². The van der Waals surface area contributed by atoms with Crippen LogP contribution >= 0.6 is 0 Å². The highest BCUT2D eigenvalue weighted by atomic mass is 19.4. The molecule has 0 amide bonds. The van der Waals surface area contributed by atoms with Gasteiger partial charge in [0.25, 0.3) is 0 Å². The standard InChI is InChI=1S/C4F8.CF/c5-1(6)2(7,8)4(11,12)3(1,9)10;1-2. The van der Waals surface area contributed by atoms with E-state index < -0.39 is 23.7 Å². The first-order valence-electron chi connectivity index (χ1n) is 2.70. The summed E-state index contributed by atoms with van der Waals surface area (Å²) in [6.07, 6.45) is 0. The number of hydrogen-bond acceptors (Lipinski definition) is 0. The minimum Gasteiger partial charge on any atom is -0.232 e. The number of hydrogen-bond donors (Lipinski definition) is 0. The molecule has 0 aromatic rings. The Balaban J connectivity index is 0.000000791. The maximum atomic E-state index is 11.6. The molecule has 9 heteroatoms. The first kappa shape index (κ1) is 13.4. The number of rotatable bonds is 0. The van der Waals surface area contributed by atoms with Crippen LogP contribution in [0.5, 0.6) is 0 Å². The average Bonchev–Trinajstić information content (AvgIpc) is 2.05. The van der Waals surface area contributed by atoms with E-state index in [1.807, 2.05) is 0 Å². The molecule has 0 aromatic heterocycles. The summed E-state index contributed by atoms with van der Waals surface area (Å²) < 4.78 is 102. The van der Waals surface area contributed by atoms with Crippen LogP contribution < -0.4 is 0 Å². The summed E-state index contributed by atoms with van der Waals surface area (Å²) in [7, 11) is 4.25. The molecule has 1 aliphatic carbocycles. The second-order valence-corrected chi connectivity index (χ2v) is 2.30. The Morgan fingerprint density at radius 2 is 0.500 bits per heavy atom. The van der Waals surface area contributed by atoms with E-state index in [2.05, 4.69) is 7.18 Å². The monoisotopic (exact) mass is 231 g/mol. The van der Waals surface area contributed by atoms with Crippen LogP contribution in [0.4, 0.5) is 39.5 Å². The lowest BCUT2D eigenvalue weighted by Crippen LogP contribution is -2.82. The Labute approximate surface area is 71.7 Å². The average molecular weight is 231 g/mol. The molecule has 3 radical (unpaired) electrons. The van der Waals surface area contributed by atoms with Gasteiger partial charge in [0.05, 0.1) is 0 Å². The van der Waals surface area contributed by atoms with Crippen LogP contribution in [0, 0.1) is 7.18 Å². The Morgan fingerprint density at radius 3 is 0.571 bits per heavy atom. The fraction of sp³-hybridized carbons (Fsp3) is 0.800. The Hall–Kier alpha value is -0.630. The van der Waals surface area contributed by atoms with Gasteiger partial charge >= 0.3 is 23.7 Å². The molecular weight excluding hydrogens is 231 g/mol. The lowest BCUT2D eigenvalue weighted by molar-refractivity contribution is -0.506. The zero-order valence-electron chi connectivity index (χ0n) is 5.90. The molecule has 0 bridgehead atoms. The Bertz CT molecular complexity index is 153. The molecule has 14 heavy (non-hydrogen) atoms. The first-order valence-corrected chi connectivity index (χ1v) is 2.70. The van der Waals surface area contributed by atoms with Crippen LogP contribution in [0.25, 0.3) is 0 Å². The second-order valence-electron chi connectivity index (χ2n) is 2.30. The van der Waals surface area contributed by atoms with E-state index in [9.17, 15) is 35.1 Å². The summed E-state index contributed by atoms with van der Waals surface area (Å²) in [6.45, 7) is 0. The quantitative estimate of drug-likeness (QED) is 0.562. The molecule has 83 valence electrons. The fourth-order valence-corrected chi connectivity index (χ4v) is 0.726. The van der Waals surface area contributed by atoms with Gasteiger partial charge < -0.3 is 0 Å². The van der Waals surface area contributed by atoms with Gasteiger partial charge in [0.1, 0.15) is 0 Å². The summed E-state index contributed by atoms with van der Waals surface area (Å²) in [5.74, 6) is -23.9. The highest BCUT2D eigenvalue weighted by molar-refractivity contribution is 5.22. The highest BCUT2D eigenvalue weighted by Gasteiger charge is 3.01. The van der Waals surface area contributed by atoms with Crippen molar-refractivity contribution in [2.75, 3.05) is 0 Å². The zero-order chi connectivity index (χ0) is 12.0. The molecule has 0 unspecified atom stereocenters. The fourth-order valence-electron chi connectivity index (χ4n) is 0.726. The summed E-state index contributed by atoms with van der Waals surface area (Å²) in [5, 5.41) is 0. The predicted molar refractivity (Wildman–Crippen MR) is 24.1 cm³/mol. The van der Waals surface area contributed by atoms with Crippen molar-refractivity contribution in [3.05, 3.63) is 7.18 Å². The van der Waals surface area contributed by atoms with Crippen molar-refractivity contribution in [3.63, 3.8) is 0 Å². The largest absolute Gasteiger partial charge is 0.385 e. The molecule has 1 saturated carbocycles. The Morgan fingerprint density at radius 1 is 0.429 bits per heavy atom. The van der Waals surface area contributed by atoms with Crippen LogP contribution in [0.1, 0.15) is 0 Å². The minimum absolute atomic E-state index is 4.25. The summed E-state index contributed by atoms with van der Waals surface area (Å²) >= 11 is 0. The molecule has 0 atom stereocenters. The SMILES string of the molecule is FC1(F)C(F)(F)C(F)(F)C1(F)F.[C]F. The van der Waals surface area contributed by atoms with Gasteiger partial charge in [0, 0.05) is 0 Å². The van der Waals surface area contributed by atoms with E-state index in [-0.39, 0.29) is 0 Å². The molecule has 1 aliphatic rings. The van der Waals surface area contributed by atoms with Gasteiger partial charge in [-0.1, -0.05) is 0 Å². The zero-order valence-corrected chi connectivity index (χ0v) is 5.90. The van der Waals surface area contributed by atoms with Crippen molar-refractivity contribution in [1.29, 1.82) is 0 Å². The van der Waals surface area contributed by atoms with Crippen molar-refractivity contribution in [2.45, 2.75) is 23.7 Å². The van der Waals surface area contributed by atoms with Gasteiger partial charge in [-0.15, -0.1) is 0 Å². The molecule has 0 saturated heterocycles. The Kier molecular flexibility index (Phi) is 2.80. The van der Waals surface area contributed by atoms with Crippen LogP contribution in [0.15, 0.2) is 0 Å². The molecular formula is C5F9. The van der Waals surface area contributed by atoms with Crippen molar-refractivity contribution >= 4 is 0 Å². The van der Waals surface area contributed by atoms with Crippen molar-refractivity contribution in [1.82, 2.24) is 0 Å². The topological polar surface area (TPSA) is 0 Å². The third-order valence-corrected chi connectivity index (χ3v) is 1.58. The summed E-state index contributed by atoms with van der Waals surface area (Å²) in [4.78, 5) is 0. The second kappa shape index (κ2) is 2.93. The van der Waals surface area contributed by atoms with Crippen molar-refractivity contribution in [3.8, 4) is 0 Å².